The minimum absolute atomic E-state index is 0.0126. The summed E-state index contributed by atoms with van der Waals surface area (Å²) in [6, 6.07) is 12.0. The molecule has 1 N–H and O–H groups in total. The van der Waals surface area contributed by atoms with Gasteiger partial charge in [0.25, 0.3) is 5.91 Å². The van der Waals surface area contributed by atoms with E-state index in [0.717, 1.165) is 26.2 Å². The van der Waals surface area contributed by atoms with Crippen molar-refractivity contribution in [1.29, 1.82) is 0 Å². The number of nitrogens with zero attached hydrogens (tertiary/aromatic N) is 3. The molecule has 2 aliphatic rings. The number of hydrogen-bond acceptors (Lipinski definition) is 5. The van der Waals surface area contributed by atoms with Crippen molar-refractivity contribution in [2.24, 2.45) is 5.92 Å². The van der Waals surface area contributed by atoms with Crippen molar-refractivity contribution in [2.75, 3.05) is 39.3 Å². The molecule has 0 radical (unpaired) electrons. The van der Waals surface area contributed by atoms with E-state index in [0.29, 0.717) is 36.9 Å². The second kappa shape index (κ2) is 10.8. The highest BCUT2D eigenvalue weighted by molar-refractivity contribution is 7.12. The van der Waals surface area contributed by atoms with Crippen LogP contribution in [0.3, 0.4) is 0 Å². The van der Waals surface area contributed by atoms with Crippen molar-refractivity contribution in [1.82, 2.24) is 20.0 Å². The first-order valence-electron chi connectivity index (χ1n) is 12.1. The van der Waals surface area contributed by atoms with Crippen molar-refractivity contribution < 1.29 is 9.59 Å². The summed E-state index contributed by atoms with van der Waals surface area (Å²) in [5.74, 6) is 0.587. The first-order chi connectivity index (χ1) is 15.9. The van der Waals surface area contributed by atoms with Crippen molar-refractivity contribution >= 4 is 23.2 Å². The lowest BCUT2D eigenvalue weighted by atomic mass is 10.0. The van der Waals surface area contributed by atoms with Gasteiger partial charge in [-0.1, -0.05) is 44.2 Å². The maximum absolute atomic E-state index is 13.6. The number of likely N-dealkylation sites (tertiary alicyclic amines) is 1. The molecule has 3 heterocycles. The van der Waals surface area contributed by atoms with Crippen LogP contribution < -0.4 is 5.32 Å². The number of hydrogen-bond donors (Lipinski definition) is 1. The zero-order chi connectivity index (χ0) is 23.4. The molecule has 0 saturated carbocycles. The normalized spacial score (nSPS) is 21.2. The molecule has 2 amide bonds. The average Bonchev–Trinajstić information content (AvgIpc) is 3.50. The number of benzene rings is 1. The van der Waals surface area contributed by atoms with E-state index >= 15 is 0 Å². The summed E-state index contributed by atoms with van der Waals surface area (Å²) < 4.78 is 0. The van der Waals surface area contributed by atoms with Gasteiger partial charge in [-0.3, -0.25) is 14.5 Å². The van der Waals surface area contributed by atoms with E-state index in [2.05, 4.69) is 55.3 Å². The number of rotatable bonds is 7. The molecule has 7 heteroatoms. The van der Waals surface area contributed by atoms with Crippen molar-refractivity contribution in [3.05, 3.63) is 57.8 Å². The Kier molecular flexibility index (Phi) is 7.83. The zero-order valence-corrected chi connectivity index (χ0v) is 20.8. The van der Waals surface area contributed by atoms with Crippen molar-refractivity contribution in [3.8, 4) is 0 Å². The van der Waals surface area contributed by atoms with Gasteiger partial charge in [-0.15, -0.1) is 11.3 Å². The highest BCUT2D eigenvalue weighted by Crippen LogP contribution is 2.29. The molecule has 2 aromatic rings. The minimum Gasteiger partial charge on any atom is -0.338 e. The molecular formula is C26H36N4O2S. The number of aryl methyl sites for hydroxylation is 1. The largest absolute Gasteiger partial charge is 0.338 e. The Hall–Kier alpha value is -2.22. The lowest BCUT2D eigenvalue weighted by molar-refractivity contribution is -0.135. The molecular weight excluding hydrogens is 432 g/mol. The molecule has 178 valence electrons. The van der Waals surface area contributed by atoms with Gasteiger partial charge in [0, 0.05) is 51.9 Å². The Bertz CT molecular complexity index is 940. The SMILES string of the molecule is Cc1ccccc1CN(CC(C)C)C1CC(C(=O)N2CCNCC2)N(C(=O)c2cccs2)C1. The molecule has 2 unspecified atom stereocenters. The molecule has 4 rings (SSSR count). The number of amides is 2. The lowest BCUT2D eigenvalue weighted by Crippen LogP contribution is -2.53. The number of thiophene rings is 1. The quantitative estimate of drug-likeness (QED) is 0.678. The predicted octanol–water partition coefficient (Wildman–Crippen LogP) is 3.23. The number of piperazine rings is 1. The topological polar surface area (TPSA) is 55.9 Å². The van der Waals surface area contributed by atoms with Crippen LogP contribution in [0.4, 0.5) is 0 Å². The molecule has 1 aromatic carbocycles. The second-order valence-corrected chi connectivity index (χ2v) is 10.6. The maximum Gasteiger partial charge on any atom is 0.264 e. The second-order valence-electron chi connectivity index (χ2n) is 9.67. The van der Waals surface area contributed by atoms with Gasteiger partial charge < -0.3 is 15.1 Å². The molecule has 1 aromatic heterocycles. The van der Waals surface area contributed by atoms with Gasteiger partial charge in [-0.2, -0.15) is 0 Å². The van der Waals surface area contributed by atoms with Crippen LogP contribution in [0.15, 0.2) is 41.8 Å². The Morgan fingerprint density at radius 1 is 1.15 bits per heavy atom. The monoisotopic (exact) mass is 468 g/mol. The van der Waals surface area contributed by atoms with Crippen LogP contribution in [-0.4, -0.2) is 77.9 Å². The van der Waals surface area contributed by atoms with Crippen LogP contribution in [-0.2, 0) is 11.3 Å². The molecule has 2 saturated heterocycles. The summed E-state index contributed by atoms with van der Waals surface area (Å²) in [6.07, 6.45) is 0.693. The van der Waals surface area contributed by atoms with E-state index in [1.54, 1.807) is 0 Å². The van der Waals surface area contributed by atoms with E-state index in [1.165, 1.54) is 22.5 Å². The van der Waals surface area contributed by atoms with Crippen molar-refractivity contribution in [3.63, 3.8) is 0 Å². The number of nitrogens with one attached hydrogen (secondary N) is 1. The smallest absolute Gasteiger partial charge is 0.264 e. The molecule has 0 bridgehead atoms. The van der Waals surface area contributed by atoms with E-state index in [9.17, 15) is 9.59 Å². The van der Waals surface area contributed by atoms with Crippen LogP contribution in [0.2, 0.25) is 0 Å². The molecule has 0 aliphatic carbocycles. The molecule has 2 fully saturated rings. The summed E-state index contributed by atoms with van der Waals surface area (Å²) in [4.78, 5) is 34.0. The standard InChI is InChI=1S/C26H36N4O2S/c1-19(2)16-29(17-21-8-5-4-7-20(21)3)22-15-23(25(31)28-12-10-27-11-13-28)30(18-22)26(32)24-9-6-14-33-24/h4-9,14,19,22-23,27H,10-13,15-18H2,1-3H3. The van der Waals surface area contributed by atoms with E-state index in [4.69, 9.17) is 0 Å². The summed E-state index contributed by atoms with van der Waals surface area (Å²) in [6.45, 7) is 12.0. The highest BCUT2D eigenvalue weighted by atomic mass is 32.1. The van der Waals surface area contributed by atoms with E-state index < -0.39 is 6.04 Å². The number of carbonyl (C=O) groups excluding carboxylic acids is 2. The van der Waals surface area contributed by atoms with Crippen molar-refractivity contribution in [2.45, 2.75) is 45.8 Å². The number of carbonyl (C=O) groups is 2. The van der Waals surface area contributed by atoms with Crippen LogP contribution in [0.25, 0.3) is 0 Å². The third-order valence-electron chi connectivity index (χ3n) is 6.74. The molecule has 33 heavy (non-hydrogen) atoms. The molecule has 2 atom stereocenters. The summed E-state index contributed by atoms with van der Waals surface area (Å²) in [5.41, 5.74) is 2.59. The van der Waals surface area contributed by atoms with E-state index in [1.807, 2.05) is 27.3 Å². The predicted molar refractivity (Wildman–Crippen MR) is 133 cm³/mol. The fraction of sp³-hybridized carbons (Fsp3) is 0.538. The zero-order valence-electron chi connectivity index (χ0n) is 20.0. The third kappa shape index (κ3) is 5.65. The average molecular weight is 469 g/mol. The lowest BCUT2D eigenvalue weighted by Gasteiger charge is -2.32. The summed E-state index contributed by atoms with van der Waals surface area (Å²) in [5, 5.41) is 5.24. The first-order valence-corrected chi connectivity index (χ1v) is 12.9. The van der Waals surface area contributed by atoms with Crippen LogP contribution >= 0.6 is 11.3 Å². The third-order valence-corrected chi connectivity index (χ3v) is 7.59. The Labute approximate surface area is 201 Å². The van der Waals surface area contributed by atoms with Gasteiger partial charge >= 0.3 is 0 Å². The first kappa shape index (κ1) is 23.9. The fourth-order valence-corrected chi connectivity index (χ4v) is 5.67. The Morgan fingerprint density at radius 2 is 1.91 bits per heavy atom. The van der Waals surface area contributed by atoms with Crippen LogP contribution in [0.1, 0.15) is 41.1 Å². The van der Waals surface area contributed by atoms with Gasteiger partial charge in [0.1, 0.15) is 6.04 Å². The molecule has 6 nitrogen and oxygen atoms in total. The van der Waals surface area contributed by atoms with Gasteiger partial charge in [-0.05, 0) is 41.8 Å². The minimum atomic E-state index is -0.394. The van der Waals surface area contributed by atoms with Gasteiger partial charge in [0.2, 0.25) is 5.91 Å². The van der Waals surface area contributed by atoms with E-state index in [-0.39, 0.29) is 17.9 Å². The van der Waals surface area contributed by atoms with Gasteiger partial charge in [-0.25, -0.2) is 0 Å². The summed E-state index contributed by atoms with van der Waals surface area (Å²) >= 11 is 1.45. The summed E-state index contributed by atoms with van der Waals surface area (Å²) in [7, 11) is 0. The fourth-order valence-electron chi connectivity index (χ4n) is 4.99. The van der Waals surface area contributed by atoms with Gasteiger partial charge in [0.15, 0.2) is 0 Å². The van der Waals surface area contributed by atoms with Gasteiger partial charge in [0.05, 0.1) is 4.88 Å². The molecule has 0 spiro atoms. The Morgan fingerprint density at radius 3 is 2.58 bits per heavy atom. The highest BCUT2D eigenvalue weighted by Gasteiger charge is 2.43. The molecule has 2 aliphatic heterocycles. The maximum atomic E-state index is 13.6. The van der Waals surface area contributed by atoms with Crippen LogP contribution in [0.5, 0.6) is 0 Å². The Balaban J connectivity index is 1.59. The van der Waals surface area contributed by atoms with Crippen LogP contribution in [0, 0.1) is 12.8 Å².